The van der Waals surface area contributed by atoms with Crippen molar-refractivity contribution in [2.75, 3.05) is 0 Å². The van der Waals surface area contributed by atoms with Gasteiger partial charge in [-0.1, -0.05) is 26.7 Å². The molecule has 5 fully saturated rings. The lowest BCUT2D eigenvalue weighted by atomic mass is 9.48. The molecule has 2 bridgehead atoms. The Morgan fingerprint density at radius 2 is 1.05 bits per heavy atom. The van der Waals surface area contributed by atoms with E-state index in [9.17, 15) is 0 Å². The highest BCUT2D eigenvalue weighted by molar-refractivity contribution is 5.01. The van der Waals surface area contributed by atoms with Gasteiger partial charge in [0.25, 0.3) is 0 Å². The van der Waals surface area contributed by atoms with Crippen LogP contribution >= 0.6 is 0 Å². The van der Waals surface area contributed by atoms with Crippen LogP contribution in [0.15, 0.2) is 0 Å². The van der Waals surface area contributed by atoms with Gasteiger partial charge in [0, 0.05) is 0 Å². The number of fused-ring (bicyclic) bond motifs is 3. The van der Waals surface area contributed by atoms with Crippen molar-refractivity contribution in [2.24, 2.45) is 34.5 Å². The summed E-state index contributed by atoms with van der Waals surface area (Å²) in [5, 5.41) is 0. The number of hydrogen-bond acceptors (Lipinski definition) is 0. The molecule has 0 nitrogen and oxygen atoms in total. The number of rotatable bonds is 2. The number of hydrogen-bond donors (Lipinski definition) is 0. The molecule has 0 N–H and O–H groups in total. The molecule has 5 saturated carbocycles. The van der Waals surface area contributed by atoms with Gasteiger partial charge in [-0.25, -0.2) is 0 Å². The van der Waals surface area contributed by atoms with Crippen molar-refractivity contribution >= 4 is 0 Å². The van der Waals surface area contributed by atoms with E-state index in [1.807, 2.05) is 0 Å². The van der Waals surface area contributed by atoms with Gasteiger partial charge in [-0.3, -0.25) is 0 Å². The summed E-state index contributed by atoms with van der Waals surface area (Å²) in [5.41, 5.74) is 1.56. The van der Waals surface area contributed by atoms with Crippen molar-refractivity contribution in [1.29, 1.82) is 0 Å². The van der Waals surface area contributed by atoms with Crippen LogP contribution in [0.3, 0.4) is 0 Å². The average molecular weight is 303 g/mol. The summed E-state index contributed by atoms with van der Waals surface area (Å²) in [6.45, 7) is 5.03. The van der Waals surface area contributed by atoms with Crippen LogP contribution in [-0.4, -0.2) is 0 Å². The van der Waals surface area contributed by atoms with Crippen molar-refractivity contribution < 1.29 is 0 Å². The van der Waals surface area contributed by atoms with Gasteiger partial charge in [0.2, 0.25) is 0 Å². The Labute approximate surface area is 138 Å². The molecule has 0 atom stereocenters. The standard InChI is InChI=1S/C22H38/c1-17-3-5-18(6-4-17)19-7-9-20(10-8-19)22-14-11-21(2,12-15-22)13-16-22/h17-20H,3-16H2,1-2H3. The Morgan fingerprint density at radius 1 is 0.591 bits per heavy atom. The van der Waals surface area contributed by atoms with Crippen molar-refractivity contribution in [3.8, 4) is 0 Å². The molecule has 126 valence electrons. The van der Waals surface area contributed by atoms with E-state index in [0.29, 0.717) is 0 Å². The van der Waals surface area contributed by atoms with Crippen LogP contribution in [0.5, 0.6) is 0 Å². The Hall–Kier alpha value is 0. The lowest BCUT2D eigenvalue weighted by Gasteiger charge is -2.57. The first kappa shape index (κ1) is 15.5. The highest BCUT2D eigenvalue weighted by atomic mass is 14.6. The van der Waals surface area contributed by atoms with Gasteiger partial charge in [-0.15, -0.1) is 0 Å². The largest absolute Gasteiger partial charge is 0.0625 e. The van der Waals surface area contributed by atoms with E-state index in [2.05, 4.69) is 13.8 Å². The second-order valence-electron chi connectivity index (χ2n) is 10.3. The van der Waals surface area contributed by atoms with Crippen LogP contribution in [0, 0.1) is 34.5 Å². The Morgan fingerprint density at radius 3 is 1.55 bits per heavy atom. The molecule has 22 heavy (non-hydrogen) atoms. The van der Waals surface area contributed by atoms with E-state index in [-0.39, 0.29) is 0 Å². The highest BCUT2D eigenvalue weighted by Gasteiger charge is 2.50. The summed E-state index contributed by atoms with van der Waals surface area (Å²) >= 11 is 0. The van der Waals surface area contributed by atoms with Crippen LogP contribution < -0.4 is 0 Å². The minimum atomic E-state index is 0.748. The van der Waals surface area contributed by atoms with Crippen LogP contribution in [0.4, 0.5) is 0 Å². The fourth-order valence-electron chi connectivity index (χ4n) is 6.97. The first-order chi connectivity index (χ1) is 10.6. The molecule has 0 heterocycles. The maximum Gasteiger partial charge on any atom is -0.0269 e. The molecule has 0 unspecified atom stereocenters. The fraction of sp³-hybridized carbons (Fsp3) is 1.00. The van der Waals surface area contributed by atoms with Gasteiger partial charge >= 0.3 is 0 Å². The van der Waals surface area contributed by atoms with Gasteiger partial charge in [0.1, 0.15) is 0 Å². The van der Waals surface area contributed by atoms with Gasteiger partial charge < -0.3 is 0 Å². The molecule has 0 heteroatoms. The third kappa shape index (κ3) is 2.78. The predicted octanol–water partition coefficient (Wildman–Crippen LogP) is 6.98. The molecule has 0 spiro atoms. The molecule has 0 aliphatic heterocycles. The van der Waals surface area contributed by atoms with Crippen molar-refractivity contribution in [3.05, 3.63) is 0 Å². The Bertz CT molecular complexity index is 354. The topological polar surface area (TPSA) is 0 Å². The molecular weight excluding hydrogens is 264 g/mol. The van der Waals surface area contributed by atoms with Gasteiger partial charge in [0.15, 0.2) is 0 Å². The van der Waals surface area contributed by atoms with Gasteiger partial charge in [0.05, 0.1) is 0 Å². The molecule has 0 aromatic heterocycles. The second-order valence-corrected chi connectivity index (χ2v) is 10.3. The lowest BCUT2D eigenvalue weighted by Crippen LogP contribution is -2.45. The van der Waals surface area contributed by atoms with E-state index >= 15 is 0 Å². The molecule has 0 saturated heterocycles. The molecule has 0 radical (unpaired) electrons. The molecule has 0 aromatic rings. The fourth-order valence-corrected chi connectivity index (χ4v) is 6.97. The molecule has 5 rings (SSSR count). The van der Waals surface area contributed by atoms with E-state index < -0.39 is 0 Å². The summed E-state index contributed by atoms with van der Waals surface area (Å²) < 4.78 is 0. The summed E-state index contributed by atoms with van der Waals surface area (Å²) in [6.07, 6.45) is 21.9. The van der Waals surface area contributed by atoms with Crippen LogP contribution in [0.2, 0.25) is 0 Å². The first-order valence-corrected chi connectivity index (χ1v) is 10.6. The maximum absolute atomic E-state index is 2.57. The predicted molar refractivity (Wildman–Crippen MR) is 94.8 cm³/mol. The molecule has 0 aromatic carbocycles. The summed E-state index contributed by atoms with van der Waals surface area (Å²) in [4.78, 5) is 0. The van der Waals surface area contributed by atoms with Crippen molar-refractivity contribution in [2.45, 2.75) is 104 Å². The quantitative estimate of drug-likeness (QED) is 0.516. The summed E-state index contributed by atoms with van der Waals surface area (Å²) in [5.74, 6) is 4.34. The smallest absolute Gasteiger partial charge is 0.0269 e. The van der Waals surface area contributed by atoms with Crippen LogP contribution in [0.25, 0.3) is 0 Å². The third-order valence-corrected chi connectivity index (χ3v) is 9.04. The van der Waals surface area contributed by atoms with E-state index in [4.69, 9.17) is 0 Å². The van der Waals surface area contributed by atoms with Crippen molar-refractivity contribution in [1.82, 2.24) is 0 Å². The van der Waals surface area contributed by atoms with Crippen LogP contribution in [0.1, 0.15) is 104 Å². The minimum Gasteiger partial charge on any atom is -0.0625 e. The molecule has 0 amide bonds. The van der Waals surface area contributed by atoms with Gasteiger partial charge in [-0.05, 0) is 112 Å². The zero-order valence-corrected chi connectivity index (χ0v) is 15.2. The molecular formula is C22H38. The minimum absolute atomic E-state index is 0.748. The monoisotopic (exact) mass is 302 g/mol. The first-order valence-electron chi connectivity index (χ1n) is 10.6. The van der Waals surface area contributed by atoms with Crippen LogP contribution in [-0.2, 0) is 0 Å². The zero-order chi connectivity index (χ0) is 15.2. The van der Waals surface area contributed by atoms with Crippen molar-refractivity contribution in [3.63, 3.8) is 0 Å². The third-order valence-electron chi connectivity index (χ3n) is 9.04. The lowest BCUT2D eigenvalue weighted by molar-refractivity contribution is -0.0563. The average Bonchev–Trinajstić information content (AvgIpc) is 2.57. The Kier molecular flexibility index (Phi) is 4.10. The summed E-state index contributed by atoms with van der Waals surface area (Å²) in [6, 6.07) is 0. The SMILES string of the molecule is CC1CCC(C2CCC(C34CCC(C)(CC3)CC4)CC2)CC1. The molecule has 5 aliphatic carbocycles. The summed E-state index contributed by atoms with van der Waals surface area (Å²) in [7, 11) is 0. The maximum atomic E-state index is 2.57. The second kappa shape index (κ2) is 5.82. The molecule has 5 aliphatic rings. The van der Waals surface area contributed by atoms with E-state index in [1.165, 1.54) is 12.8 Å². The van der Waals surface area contributed by atoms with Gasteiger partial charge in [-0.2, -0.15) is 0 Å². The highest BCUT2D eigenvalue weighted by Crippen LogP contribution is 2.62. The zero-order valence-electron chi connectivity index (χ0n) is 15.2. The normalized spacial score (nSPS) is 52.6. The Balaban J connectivity index is 1.32. The van der Waals surface area contributed by atoms with E-state index in [1.54, 1.807) is 77.0 Å². The van der Waals surface area contributed by atoms with E-state index in [0.717, 1.165) is 34.5 Å².